The summed E-state index contributed by atoms with van der Waals surface area (Å²) in [6.45, 7) is 3.79. The van der Waals surface area contributed by atoms with Gasteiger partial charge in [-0.05, 0) is 29.6 Å². The van der Waals surface area contributed by atoms with Crippen molar-refractivity contribution in [2.45, 2.75) is 6.54 Å². The molecule has 7 nitrogen and oxygen atoms in total. The number of aromatic nitrogens is 2. The maximum Gasteiger partial charge on any atom is 0.243 e. The first-order chi connectivity index (χ1) is 16.6. The molecule has 1 saturated heterocycles. The number of thiophene rings is 2. The number of likely N-dealkylation sites (N-methyl/N-ethyl adjacent to an activating group) is 1. The molecule has 4 aromatic rings. The average Bonchev–Trinajstić information content (AvgIpc) is 3.49. The van der Waals surface area contributed by atoms with Crippen molar-refractivity contribution in [3.63, 3.8) is 0 Å². The van der Waals surface area contributed by atoms with Crippen LogP contribution in [0, 0.1) is 5.82 Å². The highest BCUT2D eigenvalue weighted by molar-refractivity contribution is 7.18. The smallest absolute Gasteiger partial charge is 0.243 e. The van der Waals surface area contributed by atoms with E-state index >= 15 is 0 Å². The number of rotatable bonds is 7. The van der Waals surface area contributed by atoms with Gasteiger partial charge in [-0.3, -0.25) is 9.69 Å². The molecule has 5 rings (SSSR count). The summed E-state index contributed by atoms with van der Waals surface area (Å²) in [5, 5.41) is 7.86. The molecule has 1 aliphatic heterocycles. The van der Waals surface area contributed by atoms with Crippen LogP contribution < -0.4 is 10.2 Å². The van der Waals surface area contributed by atoms with Crippen molar-refractivity contribution in [3.8, 4) is 10.4 Å². The van der Waals surface area contributed by atoms with Gasteiger partial charge >= 0.3 is 0 Å². The number of ether oxygens (including phenoxy) is 1. The quantitative estimate of drug-likeness (QED) is 0.406. The standard InChI is InChI=1S/C24H24FN5O2S2/c1-29(14-21(31)26-17-5-2-4-16(25)12-17)23-22-18(19-6-3-11-33-19)15-34-24(22)28-20(27-23)13-30-7-9-32-10-8-30/h2-6,11-12,15H,7-10,13-14H2,1H3,(H,26,31). The van der Waals surface area contributed by atoms with Crippen LogP contribution in [0.5, 0.6) is 0 Å². The molecular formula is C24H24FN5O2S2. The molecule has 0 saturated carbocycles. The van der Waals surface area contributed by atoms with Gasteiger partial charge in [0.2, 0.25) is 5.91 Å². The van der Waals surface area contributed by atoms with Gasteiger partial charge in [0.1, 0.15) is 22.3 Å². The molecule has 1 fully saturated rings. The monoisotopic (exact) mass is 497 g/mol. The fourth-order valence-corrected chi connectivity index (χ4v) is 5.72. The highest BCUT2D eigenvalue weighted by Gasteiger charge is 2.21. The second-order valence-corrected chi connectivity index (χ2v) is 9.88. The number of nitrogens with one attached hydrogen (secondary N) is 1. The number of hydrogen-bond acceptors (Lipinski definition) is 8. The number of amides is 1. The molecule has 1 N–H and O–H groups in total. The number of benzene rings is 1. The normalized spacial score (nSPS) is 14.4. The van der Waals surface area contributed by atoms with Crippen molar-refractivity contribution in [1.82, 2.24) is 14.9 Å². The van der Waals surface area contributed by atoms with Gasteiger partial charge in [0.25, 0.3) is 0 Å². The van der Waals surface area contributed by atoms with Gasteiger partial charge in [0.15, 0.2) is 0 Å². The van der Waals surface area contributed by atoms with Crippen LogP contribution in [0.15, 0.2) is 47.2 Å². The third-order valence-electron chi connectivity index (χ3n) is 5.57. The van der Waals surface area contributed by atoms with Gasteiger partial charge in [-0.25, -0.2) is 14.4 Å². The topological polar surface area (TPSA) is 70.6 Å². The molecular weight excluding hydrogens is 473 g/mol. The van der Waals surface area contributed by atoms with Crippen LogP contribution >= 0.6 is 22.7 Å². The number of morpholine rings is 1. The SMILES string of the molecule is CN(CC(=O)Nc1cccc(F)c1)c1nc(CN2CCOCC2)nc2scc(-c3cccs3)c12. The Kier molecular flexibility index (Phi) is 6.82. The summed E-state index contributed by atoms with van der Waals surface area (Å²) in [6.07, 6.45) is 0. The Balaban J connectivity index is 1.46. The first-order valence-electron chi connectivity index (χ1n) is 11.0. The third-order valence-corrected chi connectivity index (χ3v) is 7.34. The predicted molar refractivity (Wildman–Crippen MR) is 135 cm³/mol. The number of carbonyl (C=O) groups excluding carboxylic acids is 1. The minimum Gasteiger partial charge on any atom is -0.379 e. The van der Waals surface area contributed by atoms with Gasteiger partial charge < -0.3 is 15.0 Å². The summed E-state index contributed by atoms with van der Waals surface area (Å²) < 4.78 is 19.0. The van der Waals surface area contributed by atoms with Crippen molar-refractivity contribution in [2.24, 2.45) is 0 Å². The molecule has 4 heterocycles. The molecule has 34 heavy (non-hydrogen) atoms. The highest BCUT2D eigenvalue weighted by atomic mass is 32.1. The number of anilines is 2. The molecule has 0 aliphatic carbocycles. The molecule has 0 radical (unpaired) electrons. The highest BCUT2D eigenvalue weighted by Crippen LogP contribution is 2.40. The van der Waals surface area contributed by atoms with Crippen LogP contribution in [0.2, 0.25) is 0 Å². The van der Waals surface area contributed by atoms with Crippen molar-refractivity contribution in [2.75, 3.05) is 50.1 Å². The van der Waals surface area contributed by atoms with Crippen LogP contribution in [0.25, 0.3) is 20.7 Å². The molecule has 0 spiro atoms. The lowest BCUT2D eigenvalue weighted by Gasteiger charge is -2.26. The van der Waals surface area contributed by atoms with Gasteiger partial charge in [-0.1, -0.05) is 12.1 Å². The lowest BCUT2D eigenvalue weighted by Crippen LogP contribution is -2.36. The van der Waals surface area contributed by atoms with Gasteiger partial charge in [0, 0.05) is 41.6 Å². The molecule has 1 aromatic carbocycles. The Morgan fingerprint density at radius 2 is 2.06 bits per heavy atom. The zero-order valence-electron chi connectivity index (χ0n) is 18.7. The number of fused-ring (bicyclic) bond motifs is 1. The lowest BCUT2D eigenvalue weighted by molar-refractivity contribution is -0.114. The average molecular weight is 498 g/mol. The van der Waals surface area contributed by atoms with Crippen molar-refractivity contribution < 1.29 is 13.9 Å². The first kappa shape index (κ1) is 22.9. The van der Waals surface area contributed by atoms with Gasteiger partial charge in [-0.2, -0.15) is 0 Å². The Hall–Kier alpha value is -2.92. The van der Waals surface area contributed by atoms with Crippen LogP contribution in [0.1, 0.15) is 5.82 Å². The van der Waals surface area contributed by atoms with E-state index < -0.39 is 5.82 Å². The van der Waals surface area contributed by atoms with Crippen LogP contribution in [0.4, 0.5) is 15.9 Å². The van der Waals surface area contributed by atoms with Crippen molar-refractivity contribution in [3.05, 3.63) is 58.8 Å². The Morgan fingerprint density at radius 1 is 1.21 bits per heavy atom. The van der Waals surface area contributed by atoms with E-state index in [9.17, 15) is 9.18 Å². The second-order valence-electron chi connectivity index (χ2n) is 8.07. The molecule has 1 aliphatic rings. The summed E-state index contributed by atoms with van der Waals surface area (Å²) in [7, 11) is 1.85. The minimum atomic E-state index is -0.393. The molecule has 0 bridgehead atoms. The summed E-state index contributed by atoms with van der Waals surface area (Å²) in [4.78, 5) is 28.7. The predicted octanol–water partition coefficient (Wildman–Crippen LogP) is 4.47. The maximum absolute atomic E-state index is 13.5. The number of nitrogens with zero attached hydrogens (tertiary/aromatic N) is 4. The van der Waals surface area contributed by atoms with E-state index in [1.165, 1.54) is 12.1 Å². The van der Waals surface area contributed by atoms with Crippen LogP contribution in [0.3, 0.4) is 0 Å². The number of carbonyl (C=O) groups is 1. The van der Waals surface area contributed by atoms with Gasteiger partial charge in [-0.15, -0.1) is 22.7 Å². The molecule has 3 aromatic heterocycles. The minimum absolute atomic E-state index is 0.0688. The third kappa shape index (κ3) is 5.10. The second kappa shape index (κ2) is 10.1. The van der Waals surface area contributed by atoms with Crippen LogP contribution in [-0.4, -0.2) is 60.7 Å². The Labute approximate surface area is 204 Å². The summed E-state index contributed by atoms with van der Waals surface area (Å²) in [6, 6.07) is 9.98. The van der Waals surface area contributed by atoms with E-state index in [-0.39, 0.29) is 12.5 Å². The summed E-state index contributed by atoms with van der Waals surface area (Å²) in [5.41, 5.74) is 1.49. The number of halogens is 1. The number of hydrogen-bond donors (Lipinski definition) is 1. The van der Waals surface area contributed by atoms with Gasteiger partial charge in [0.05, 0.1) is 31.7 Å². The van der Waals surface area contributed by atoms with E-state index in [1.54, 1.807) is 34.8 Å². The fraction of sp³-hybridized carbons (Fsp3) is 0.292. The van der Waals surface area contributed by atoms with E-state index in [4.69, 9.17) is 14.7 Å². The van der Waals surface area contributed by atoms with E-state index in [0.717, 1.165) is 39.6 Å². The van der Waals surface area contributed by atoms with Crippen LogP contribution in [-0.2, 0) is 16.1 Å². The largest absolute Gasteiger partial charge is 0.379 e. The molecule has 0 unspecified atom stereocenters. The Morgan fingerprint density at radius 3 is 2.82 bits per heavy atom. The molecule has 0 atom stereocenters. The maximum atomic E-state index is 13.5. The lowest BCUT2D eigenvalue weighted by atomic mass is 10.2. The first-order valence-corrected chi connectivity index (χ1v) is 12.7. The molecule has 10 heteroatoms. The van der Waals surface area contributed by atoms with E-state index in [2.05, 4.69) is 21.7 Å². The van der Waals surface area contributed by atoms with E-state index in [0.29, 0.717) is 31.3 Å². The zero-order chi connectivity index (χ0) is 23.5. The molecule has 176 valence electrons. The zero-order valence-corrected chi connectivity index (χ0v) is 20.3. The fourth-order valence-electron chi connectivity index (χ4n) is 3.94. The Bertz CT molecular complexity index is 1290. The molecule has 1 amide bonds. The van der Waals surface area contributed by atoms with Crippen molar-refractivity contribution >= 4 is 50.3 Å². The summed E-state index contributed by atoms with van der Waals surface area (Å²) in [5.74, 6) is 0.798. The summed E-state index contributed by atoms with van der Waals surface area (Å²) >= 11 is 3.25. The van der Waals surface area contributed by atoms with E-state index in [1.807, 2.05) is 23.4 Å². The van der Waals surface area contributed by atoms with Crippen molar-refractivity contribution in [1.29, 1.82) is 0 Å².